The second-order valence-corrected chi connectivity index (χ2v) is 9.50. The van der Waals surface area contributed by atoms with E-state index < -0.39 is 10.0 Å². The number of benzene rings is 2. The zero-order chi connectivity index (χ0) is 21.1. The van der Waals surface area contributed by atoms with Crippen LogP contribution in [0.4, 0.5) is 0 Å². The Labute approximate surface area is 176 Å². The van der Waals surface area contributed by atoms with Crippen molar-refractivity contribution in [1.82, 2.24) is 24.2 Å². The fraction of sp³-hybridized carbons (Fsp3) is 0.381. The molecule has 8 nitrogen and oxygen atoms in total. The summed E-state index contributed by atoms with van der Waals surface area (Å²) in [5.74, 6) is 0.00994. The minimum atomic E-state index is -3.49. The largest absolute Gasteiger partial charge is 0.341 e. The number of sulfonamides is 1. The van der Waals surface area contributed by atoms with Crippen molar-refractivity contribution in [3.8, 4) is 0 Å². The van der Waals surface area contributed by atoms with E-state index in [2.05, 4.69) is 10.3 Å². The highest BCUT2D eigenvalue weighted by Gasteiger charge is 2.27. The molecule has 0 saturated carbocycles. The van der Waals surface area contributed by atoms with Gasteiger partial charge in [0.25, 0.3) is 0 Å². The number of aryl methyl sites for hydroxylation is 1. The summed E-state index contributed by atoms with van der Waals surface area (Å²) in [4.78, 5) is 14.4. The molecule has 0 N–H and O–H groups in total. The summed E-state index contributed by atoms with van der Waals surface area (Å²) in [5, 5.41) is 8.23. The third-order valence-electron chi connectivity index (χ3n) is 5.41. The van der Waals surface area contributed by atoms with Crippen molar-refractivity contribution in [1.29, 1.82) is 0 Å². The summed E-state index contributed by atoms with van der Waals surface area (Å²) in [7, 11) is -1.71. The first-order valence-corrected chi connectivity index (χ1v) is 11.5. The molecule has 1 amide bonds. The maximum atomic E-state index is 12.7. The molecule has 1 aliphatic heterocycles. The Hall–Kier alpha value is -2.78. The minimum absolute atomic E-state index is 0.00994. The van der Waals surface area contributed by atoms with Gasteiger partial charge in [0, 0.05) is 33.1 Å². The molecule has 1 aliphatic rings. The van der Waals surface area contributed by atoms with Crippen LogP contribution in [0.1, 0.15) is 24.8 Å². The molecule has 0 spiro atoms. The second kappa shape index (κ2) is 8.53. The lowest BCUT2D eigenvalue weighted by atomic mass is 10.2. The maximum absolute atomic E-state index is 12.7. The van der Waals surface area contributed by atoms with Crippen LogP contribution in [-0.4, -0.2) is 58.7 Å². The number of carbonyl (C=O) groups excluding carboxylic acids is 1. The molecule has 0 radical (unpaired) electrons. The summed E-state index contributed by atoms with van der Waals surface area (Å²) < 4.78 is 28.7. The Bertz CT molecular complexity index is 1140. The van der Waals surface area contributed by atoms with E-state index in [0.717, 1.165) is 18.4 Å². The molecule has 0 aliphatic carbocycles. The van der Waals surface area contributed by atoms with E-state index in [0.29, 0.717) is 37.2 Å². The topological polar surface area (TPSA) is 88.4 Å². The number of hydrogen-bond acceptors (Lipinski definition) is 5. The molecule has 0 unspecified atom stereocenters. The van der Waals surface area contributed by atoms with E-state index >= 15 is 0 Å². The van der Waals surface area contributed by atoms with Gasteiger partial charge in [0.2, 0.25) is 15.9 Å². The van der Waals surface area contributed by atoms with Gasteiger partial charge in [-0.1, -0.05) is 35.5 Å². The van der Waals surface area contributed by atoms with Crippen LogP contribution < -0.4 is 0 Å². The molecule has 30 heavy (non-hydrogen) atoms. The van der Waals surface area contributed by atoms with Crippen LogP contribution in [0.3, 0.4) is 0 Å². The SMILES string of the molecule is CN(Cc1ccccc1)C(=O)CCn1nnc2cc(S(=O)(=O)N3CCCC3)ccc21. The number of amides is 1. The lowest BCUT2D eigenvalue weighted by Gasteiger charge is -2.17. The third kappa shape index (κ3) is 4.22. The van der Waals surface area contributed by atoms with Crippen molar-refractivity contribution in [2.75, 3.05) is 20.1 Å². The van der Waals surface area contributed by atoms with Crippen molar-refractivity contribution >= 4 is 27.0 Å². The number of fused-ring (bicyclic) bond motifs is 1. The van der Waals surface area contributed by atoms with Gasteiger partial charge < -0.3 is 4.90 Å². The van der Waals surface area contributed by atoms with Gasteiger partial charge in [0.15, 0.2) is 0 Å². The zero-order valence-corrected chi connectivity index (χ0v) is 17.8. The molecule has 0 bridgehead atoms. The monoisotopic (exact) mass is 427 g/mol. The lowest BCUT2D eigenvalue weighted by Crippen LogP contribution is -2.27. The normalized spacial score (nSPS) is 15.0. The van der Waals surface area contributed by atoms with Gasteiger partial charge in [0.05, 0.1) is 17.0 Å². The van der Waals surface area contributed by atoms with Gasteiger partial charge in [-0.3, -0.25) is 4.79 Å². The van der Waals surface area contributed by atoms with Crippen molar-refractivity contribution in [3.05, 3.63) is 54.1 Å². The van der Waals surface area contributed by atoms with Crippen LogP contribution in [0.15, 0.2) is 53.4 Å². The highest BCUT2D eigenvalue weighted by molar-refractivity contribution is 7.89. The fourth-order valence-corrected chi connectivity index (χ4v) is 5.23. The van der Waals surface area contributed by atoms with Crippen molar-refractivity contribution < 1.29 is 13.2 Å². The number of rotatable bonds is 7. The van der Waals surface area contributed by atoms with E-state index in [1.165, 1.54) is 4.31 Å². The van der Waals surface area contributed by atoms with Crippen LogP contribution in [-0.2, 0) is 27.9 Å². The quantitative estimate of drug-likeness (QED) is 0.577. The number of nitrogens with zero attached hydrogens (tertiary/aromatic N) is 5. The van der Waals surface area contributed by atoms with Gasteiger partial charge in [-0.2, -0.15) is 4.31 Å². The number of carbonyl (C=O) groups is 1. The van der Waals surface area contributed by atoms with Crippen LogP contribution >= 0.6 is 0 Å². The minimum Gasteiger partial charge on any atom is -0.341 e. The predicted molar refractivity (Wildman–Crippen MR) is 113 cm³/mol. The fourth-order valence-electron chi connectivity index (χ4n) is 3.69. The average Bonchev–Trinajstić information content (AvgIpc) is 3.43. The predicted octanol–water partition coefficient (Wildman–Crippen LogP) is 2.26. The molecule has 2 aromatic carbocycles. The Balaban J connectivity index is 1.43. The van der Waals surface area contributed by atoms with E-state index in [4.69, 9.17) is 0 Å². The summed E-state index contributed by atoms with van der Waals surface area (Å²) >= 11 is 0. The highest BCUT2D eigenvalue weighted by atomic mass is 32.2. The Morgan fingerprint density at radius 3 is 2.57 bits per heavy atom. The molecular formula is C21H25N5O3S. The van der Waals surface area contributed by atoms with Crippen molar-refractivity contribution in [2.45, 2.75) is 37.2 Å². The smallest absolute Gasteiger partial charge is 0.243 e. The summed E-state index contributed by atoms with van der Waals surface area (Å²) in [6.45, 7) is 2.06. The maximum Gasteiger partial charge on any atom is 0.243 e. The molecule has 1 fully saturated rings. The third-order valence-corrected chi connectivity index (χ3v) is 7.31. The lowest BCUT2D eigenvalue weighted by molar-refractivity contribution is -0.130. The van der Waals surface area contributed by atoms with Crippen LogP contribution in [0.2, 0.25) is 0 Å². The van der Waals surface area contributed by atoms with Gasteiger partial charge in [-0.25, -0.2) is 13.1 Å². The molecule has 1 aromatic heterocycles. The second-order valence-electron chi connectivity index (χ2n) is 7.56. The molecule has 0 atom stereocenters. The van der Waals surface area contributed by atoms with Crippen LogP contribution in [0.5, 0.6) is 0 Å². The summed E-state index contributed by atoms with van der Waals surface area (Å²) in [6.07, 6.45) is 2.07. The molecule has 4 rings (SSSR count). The Kier molecular flexibility index (Phi) is 5.83. The Morgan fingerprint density at radius 1 is 1.10 bits per heavy atom. The van der Waals surface area contributed by atoms with Gasteiger partial charge in [0.1, 0.15) is 5.52 Å². The number of aromatic nitrogens is 3. The Morgan fingerprint density at radius 2 is 1.83 bits per heavy atom. The van der Waals surface area contributed by atoms with Crippen molar-refractivity contribution in [3.63, 3.8) is 0 Å². The standard InChI is InChI=1S/C21H25N5O3S/c1-24(16-17-7-3-2-4-8-17)21(27)11-14-26-20-10-9-18(15-19(20)22-23-26)30(28,29)25-12-5-6-13-25/h2-4,7-10,15H,5-6,11-14,16H2,1H3. The molecular weight excluding hydrogens is 402 g/mol. The molecule has 1 saturated heterocycles. The first-order valence-electron chi connectivity index (χ1n) is 10.1. The zero-order valence-electron chi connectivity index (χ0n) is 16.9. The van der Waals surface area contributed by atoms with Gasteiger partial charge >= 0.3 is 0 Å². The van der Waals surface area contributed by atoms with Gasteiger partial charge in [-0.15, -0.1) is 5.10 Å². The van der Waals surface area contributed by atoms with Crippen molar-refractivity contribution in [2.24, 2.45) is 0 Å². The summed E-state index contributed by atoms with van der Waals surface area (Å²) in [5.41, 5.74) is 2.31. The van der Waals surface area contributed by atoms with Crippen LogP contribution in [0, 0.1) is 0 Å². The first kappa shape index (κ1) is 20.5. The van der Waals surface area contributed by atoms with E-state index in [-0.39, 0.29) is 17.2 Å². The average molecular weight is 428 g/mol. The summed E-state index contributed by atoms with van der Waals surface area (Å²) in [6, 6.07) is 14.7. The molecule has 9 heteroatoms. The van der Waals surface area contributed by atoms with E-state index in [9.17, 15) is 13.2 Å². The van der Waals surface area contributed by atoms with Crippen LogP contribution in [0.25, 0.3) is 11.0 Å². The first-order chi connectivity index (χ1) is 14.4. The number of hydrogen-bond donors (Lipinski definition) is 0. The molecule has 3 aromatic rings. The van der Waals surface area contributed by atoms with E-state index in [1.54, 1.807) is 34.8 Å². The van der Waals surface area contributed by atoms with E-state index in [1.807, 2.05) is 30.3 Å². The van der Waals surface area contributed by atoms with Gasteiger partial charge in [-0.05, 0) is 36.6 Å². The highest BCUT2D eigenvalue weighted by Crippen LogP contribution is 2.23. The molecule has 158 valence electrons. The molecule has 2 heterocycles.